The van der Waals surface area contributed by atoms with Crippen molar-refractivity contribution in [2.24, 2.45) is 0 Å². The Hall–Kier alpha value is -0.500. The first-order valence-corrected chi connectivity index (χ1v) is 33.8. The summed E-state index contributed by atoms with van der Waals surface area (Å²) in [7, 11) is 1.33. The van der Waals surface area contributed by atoms with Crippen LogP contribution in [0.25, 0.3) is 0 Å². The molecular formula is C63H129N2O6P. The largest absolute Gasteiger partial charge is 0.756 e. The molecule has 3 unspecified atom stereocenters. The number of carbonyl (C=O) groups excluding carboxylic acids is 1. The van der Waals surface area contributed by atoms with E-state index >= 15 is 0 Å². The van der Waals surface area contributed by atoms with E-state index in [0.29, 0.717) is 23.9 Å². The highest BCUT2D eigenvalue weighted by Crippen LogP contribution is 2.38. The van der Waals surface area contributed by atoms with Crippen molar-refractivity contribution in [1.29, 1.82) is 0 Å². The molecule has 9 heteroatoms. The molecule has 0 aromatic rings. The van der Waals surface area contributed by atoms with Crippen LogP contribution in [-0.4, -0.2) is 68.5 Å². The number of hydrogen-bond acceptors (Lipinski definition) is 6. The third-order valence-electron chi connectivity index (χ3n) is 15.3. The van der Waals surface area contributed by atoms with Crippen LogP contribution < -0.4 is 10.2 Å². The molecule has 0 aliphatic rings. The molecule has 3 atom stereocenters. The number of rotatable bonds is 61. The average Bonchev–Trinajstić information content (AvgIpc) is 3.34. The normalized spacial score (nSPS) is 13.7. The zero-order valence-corrected chi connectivity index (χ0v) is 50.3. The molecule has 1 amide bonds. The monoisotopic (exact) mass is 1040 g/mol. The van der Waals surface area contributed by atoms with Crippen molar-refractivity contribution >= 4 is 13.7 Å². The van der Waals surface area contributed by atoms with Gasteiger partial charge in [0.1, 0.15) is 13.2 Å². The third-order valence-corrected chi connectivity index (χ3v) is 16.3. The summed E-state index contributed by atoms with van der Waals surface area (Å²) in [5, 5.41) is 14.0. The molecular weight excluding hydrogens is 912 g/mol. The van der Waals surface area contributed by atoms with Crippen LogP contribution in [0.1, 0.15) is 348 Å². The van der Waals surface area contributed by atoms with Gasteiger partial charge in [0.15, 0.2) is 0 Å². The van der Waals surface area contributed by atoms with E-state index in [1.54, 1.807) is 0 Å². The Morgan fingerprint density at radius 3 is 0.944 bits per heavy atom. The lowest BCUT2D eigenvalue weighted by Crippen LogP contribution is -2.46. The molecule has 0 saturated carbocycles. The number of amides is 1. The lowest BCUT2D eigenvalue weighted by Gasteiger charge is -2.30. The number of nitrogens with one attached hydrogen (secondary N) is 1. The highest BCUT2D eigenvalue weighted by atomic mass is 31.2. The molecule has 0 fully saturated rings. The first-order valence-electron chi connectivity index (χ1n) is 32.4. The number of nitrogens with zero attached hydrogens (tertiary/aromatic N) is 1. The lowest BCUT2D eigenvalue weighted by molar-refractivity contribution is -0.870. The highest BCUT2D eigenvalue weighted by molar-refractivity contribution is 7.45. The van der Waals surface area contributed by atoms with Crippen LogP contribution in [0.4, 0.5) is 0 Å². The number of unbranched alkanes of at least 4 members (excludes halogenated alkanes) is 48. The number of aliphatic hydroxyl groups excluding tert-OH is 1. The molecule has 0 aliphatic carbocycles. The number of hydrogen-bond donors (Lipinski definition) is 2. The van der Waals surface area contributed by atoms with Crippen molar-refractivity contribution in [1.82, 2.24) is 5.32 Å². The standard InChI is InChI=1S/C63H129N2O6P/c1-6-8-10-12-14-16-18-20-22-23-24-25-26-27-28-29-30-31-32-33-34-35-36-37-38-39-40-41-43-45-47-49-51-53-55-57-63(67)64-61(60-71-72(68,69)70-59-58-65(3,4)5)62(66)56-54-52-50-48-46-44-42-21-19-17-15-13-11-9-7-2/h61-62,66H,6-60H2,1-5H3,(H-,64,67,68,69). The van der Waals surface area contributed by atoms with Gasteiger partial charge in [-0.2, -0.15) is 0 Å². The van der Waals surface area contributed by atoms with Gasteiger partial charge in [0.2, 0.25) is 5.91 Å². The van der Waals surface area contributed by atoms with Crippen LogP contribution in [0.3, 0.4) is 0 Å². The summed E-state index contributed by atoms with van der Waals surface area (Å²) in [5.41, 5.74) is 0. The molecule has 0 aromatic heterocycles. The summed E-state index contributed by atoms with van der Waals surface area (Å²) in [5.74, 6) is -0.156. The Morgan fingerprint density at radius 1 is 0.431 bits per heavy atom. The minimum atomic E-state index is -4.57. The van der Waals surface area contributed by atoms with Crippen LogP contribution in [0.2, 0.25) is 0 Å². The number of likely N-dealkylation sites (N-methyl/N-ethyl adjacent to an activating group) is 1. The molecule has 8 nitrogen and oxygen atoms in total. The van der Waals surface area contributed by atoms with Crippen LogP contribution in [0.15, 0.2) is 0 Å². The van der Waals surface area contributed by atoms with Gasteiger partial charge in [0.05, 0.1) is 39.9 Å². The molecule has 0 rings (SSSR count). The van der Waals surface area contributed by atoms with Gasteiger partial charge in [-0.05, 0) is 12.8 Å². The van der Waals surface area contributed by atoms with E-state index in [9.17, 15) is 19.4 Å². The highest BCUT2D eigenvalue weighted by Gasteiger charge is 2.24. The Kier molecular flexibility index (Phi) is 54.9. The summed E-state index contributed by atoms with van der Waals surface area (Å²) < 4.78 is 23.4. The third kappa shape index (κ3) is 57.2. The molecule has 72 heavy (non-hydrogen) atoms. The van der Waals surface area contributed by atoms with Gasteiger partial charge < -0.3 is 28.8 Å². The Labute approximate surface area is 450 Å². The minimum Gasteiger partial charge on any atom is -0.756 e. The van der Waals surface area contributed by atoms with E-state index in [0.717, 1.165) is 38.5 Å². The summed E-state index contributed by atoms with van der Waals surface area (Å²) in [6.45, 7) is 4.78. The summed E-state index contributed by atoms with van der Waals surface area (Å²) in [6, 6.07) is -0.795. The van der Waals surface area contributed by atoms with Crippen molar-refractivity contribution in [2.45, 2.75) is 360 Å². The summed E-state index contributed by atoms with van der Waals surface area (Å²) in [6.07, 6.45) is 67.5. The van der Waals surface area contributed by atoms with Crippen molar-refractivity contribution in [3.05, 3.63) is 0 Å². The molecule has 0 radical (unpaired) electrons. The fraction of sp³-hybridized carbons (Fsp3) is 0.984. The van der Waals surface area contributed by atoms with Crippen molar-refractivity contribution in [2.75, 3.05) is 40.9 Å². The van der Waals surface area contributed by atoms with E-state index in [1.165, 1.54) is 283 Å². The zero-order valence-electron chi connectivity index (χ0n) is 49.4. The van der Waals surface area contributed by atoms with Gasteiger partial charge in [0.25, 0.3) is 7.82 Å². The number of phosphoric acid groups is 1. The van der Waals surface area contributed by atoms with E-state index < -0.39 is 20.0 Å². The van der Waals surface area contributed by atoms with E-state index in [1.807, 2.05) is 21.1 Å². The Balaban J connectivity index is 3.89. The number of aliphatic hydroxyl groups is 1. The average molecular weight is 1040 g/mol. The molecule has 0 bridgehead atoms. The molecule has 0 aliphatic heterocycles. The Bertz CT molecular complexity index is 1140. The van der Waals surface area contributed by atoms with Crippen LogP contribution in [0.5, 0.6) is 0 Å². The predicted octanol–water partition coefficient (Wildman–Crippen LogP) is 19.4. The quantitative estimate of drug-likeness (QED) is 0.0357. The van der Waals surface area contributed by atoms with Crippen LogP contribution in [0, 0.1) is 0 Å². The lowest BCUT2D eigenvalue weighted by atomic mass is 10.0. The van der Waals surface area contributed by atoms with E-state index in [2.05, 4.69) is 19.2 Å². The second-order valence-corrected chi connectivity index (χ2v) is 25.3. The van der Waals surface area contributed by atoms with E-state index in [-0.39, 0.29) is 19.1 Å². The van der Waals surface area contributed by atoms with E-state index in [4.69, 9.17) is 9.05 Å². The summed E-state index contributed by atoms with van der Waals surface area (Å²) >= 11 is 0. The summed E-state index contributed by atoms with van der Waals surface area (Å²) in [4.78, 5) is 25.5. The maximum atomic E-state index is 13.0. The van der Waals surface area contributed by atoms with Gasteiger partial charge in [-0.1, -0.05) is 328 Å². The molecule has 432 valence electrons. The van der Waals surface area contributed by atoms with Gasteiger partial charge in [0, 0.05) is 6.42 Å². The fourth-order valence-electron chi connectivity index (χ4n) is 10.3. The Morgan fingerprint density at radius 2 is 0.681 bits per heavy atom. The SMILES string of the molecule is CCCCCCCCCCCCCCCCCCCCCCCCCCCCCCCCCCCCCC(=O)NC(COP(=O)([O-])OCC[N+](C)(C)C)C(O)CCCCCCCCCCCCCCCCC. The number of quaternary nitrogens is 1. The molecule has 0 aromatic carbocycles. The minimum absolute atomic E-state index is 0.0166. The fourth-order valence-corrected chi connectivity index (χ4v) is 11.0. The smallest absolute Gasteiger partial charge is 0.268 e. The predicted molar refractivity (Wildman–Crippen MR) is 312 cm³/mol. The maximum Gasteiger partial charge on any atom is 0.268 e. The van der Waals surface area contributed by atoms with Crippen LogP contribution >= 0.6 is 7.82 Å². The molecule has 0 heterocycles. The van der Waals surface area contributed by atoms with Gasteiger partial charge >= 0.3 is 0 Å². The number of phosphoric ester groups is 1. The first kappa shape index (κ1) is 71.5. The van der Waals surface area contributed by atoms with Crippen molar-refractivity contribution < 1.29 is 32.9 Å². The molecule has 2 N–H and O–H groups in total. The van der Waals surface area contributed by atoms with Crippen molar-refractivity contribution in [3.63, 3.8) is 0 Å². The molecule has 0 spiro atoms. The second kappa shape index (κ2) is 55.3. The first-order chi connectivity index (χ1) is 35.0. The van der Waals surface area contributed by atoms with Gasteiger partial charge in [-0.15, -0.1) is 0 Å². The van der Waals surface area contributed by atoms with Crippen molar-refractivity contribution in [3.8, 4) is 0 Å². The van der Waals surface area contributed by atoms with Crippen LogP contribution in [-0.2, 0) is 18.4 Å². The number of carbonyl (C=O) groups is 1. The maximum absolute atomic E-state index is 13.0. The topological polar surface area (TPSA) is 108 Å². The second-order valence-electron chi connectivity index (χ2n) is 23.8. The zero-order chi connectivity index (χ0) is 52.7. The van der Waals surface area contributed by atoms with Gasteiger partial charge in [-0.25, -0.2) is 0 Å². The van der Waals surface area contributed by atoms with Gasteiger partial charge in [-0.3, -0.25) is 9.36 Å². The molecule has 0 saturated heterocycles.